The number of carbonyl (C=O) groups is 1. The van der Waals surface area contributed by atoms with E-state index < -0.39 is 0 Å². The molecule has 1 fully saturated rings. The molecule has 0 N–H and O–H groups in total. The van der Waals surface area contributed by atoms with Gasteiger partial charge in [0, 0.05) is 38.2 Å². The van der Waals surface area contributed by atoms with Gasteiger partial charge >= 0.3 is 0 Å². The maximum Gasteiger partial charge on any atom is 0.223 e. The average Bonchev–Trinajstić information content (AvgIpc) is 3.03. The summed E-state index contributed by atoms with van der Waals surface area (Å²) in [6, 6.07) is 14.3. The molecular weight excluding hydrogens is 362 g/mol. The van der Waals surface area contributed by atoms with Crippen LogP contribution in [0.15, 0.2) is 42.5 Å². The number of imidazole rings is 1. The fourth-order valence-electron chi connectivity index (χ4n) is 3.82. The number of carbonyl (C=O) groups excluding carboxylic acids is 1. The lowest BCUT2D eigenvalue weighted by Crippen LogP contribution is -2.49. The van der Waals surface area contributed by atoms with E-state index in [4.69, 9.17) is 10.1 Å². The molecule has 3 aromatic rings. The van der Waals surface area contributed by atoms with Gasteiger partial charge in [-0.1, -0.05) is 51.1 Å². The number of hydrogen-bond acceptors (Lipinski definition) is 4. The standard InChI is InChI=1S/C23H29N5O/c1-17-22(18-8-6-5-7-9-18)24-19-10-11-20(25-28(17)19)26-12-14-27(15-13-26)21(29)16-23(2,3)4/h5-11H,12-16H2,1-4H3. The number of hydrogen-bond donors (Lipinski definition) is 0. The van der Waals surface area contributed by atoms with Gasteiger partial charge in [-0.05, 0) is 24.5 Å². The van der Waals surface area contributed by atoms with Crippen molar-refractivity contribution < 1.29 is 4.79 Å². The van der Waals surface area contributed by atoms with Crippen LogP contribution in [0.1, 0.15) is 32.9 Å². The molecule has 4 rings (SSSR count). The molecule has 0 aliphatic carbocycles. The second kappa shape index (κ2) is 7.50. The first-order valence-corrected chi connectivity index (χ1v) is 10.3. The van der Waals surface area contributed by atoms with Crippen molar-refractivity contribution in [3.05, 3.63) is 48.2 Å². The van der Waals surface area contributed by atoms with Gasteiger partial charge < -0.3 is 9.80 Å². The number of fused-ring (bicyclic) bond motifs is 1. The summed E-state index contributed by atoms with van der Waals surface area (Å²) in [5.41, 5.74) is 3.97. The quantitative estimate of drug-likeness (QED) is 0.682. The van der Waals surface area contributed by atoms with Crippen molar-refractivity contribution in [2.24, 2.45) is 5.41 Å². The Morgan fingerprint density at radius 3 is 2.34 bits per heavy atom. The van der Waals surface area contributed by atoms with Gasteiger partial charge in [0.2, 0.25) is 5.91 Å². The average molecular weight is 392 g/mol. The number of piperazine rings is 1. The van der Waals surface area contributed by atoms with Crippen LogP contribution in [0, 0.1) is 12.3 Å². The van der Waals surface area contributed by atoms with Gasteiger partial charge in [-0.2, -0.15) is 0 Å². The minimum Gasteiger partial charge on any atom is -0.352 e. The van der Waals surface area contributed by atoms with E-state index >= 15 is 0 Å². The molecule has 0 saturated carbocycles. The first-order valence-electron chi connectivity index (χ1n) is 10.3. The summed E-state index contributed by atoms with van der Waals surface area (Å²) in [4.78, 5) is 21.5. The van der Waals surface area contributed by atoms with Crippen molar-refractivity contribution in [1.29, 1.82) is 0 Å². The van der Waals surface area contributed by atoms with E-state index in [1.54, 1.807) is 0 Å². The number of anilines is 1. The summed E-state index contributed by atoms with van der Waals surface area (Å²) in [6.07, 6.45) is 0.591. The first-order chi connectivity index (χ1) is 13.8. The van der Waals surface area contributed by atoms with E-state index in [1.165, 1.54) is 0 Å². The third kappa shape index (κ3) is 4.11. The van der Waals surface area contributed by atoms with E-state index in [9.17, 15) is 4.79 Å². The Labute approximate surface area is 172 Å². The second-order valence-electron chi connectivity index (χ2n) is 8.98. The van der Waals surface area contributed by atoms with E-state index in [-0.39, 0.29) is 11.3 Å². The molecule has 1 aromatic carbocycles. The third-order valence-electron chi connectivity index (χ3n) is 5.37. The highest BCUT2D eigenvalue weighted by Crippen LogP contribution is 2.25. The second-order valence-corrected chi connectivity index (χ2v) is 8.98. The molecule has 1 amide bonds. The molecule has 29 heavy (non-hydrogen) atoms. The van der Waals surface area contributed by atoms with Crippen LogP contribution in [-0.2, 0) is 4.79 Å². The zero-order valence-electron chi connectivity index (χ0n) is 17.7. The van der Waals surface area contributed by atoms with Gasteiger partial charge in [-0.3, -0.25) is 4.79 Å². The lowest BCUT2D eigenvalue weighted by Gasteiger charge is -2.36. The molecule has 6 heteroatoms. The van der Waals surface area contributed by atoms with Crippen molar-refractivity contribution in [1.82, 2.24) is 19.5 Å². The number of aromatic nitrogens is 3. The van der Waals surface area contributed by atoms with E-state index in [2.05, 4.69) is 44.7 Å². The smallest absolute Gasteiger partial charge is 0.223 e. The topological polar surface area (TPSA) is 53.7 Å². The minimum atomic E-state index is 0.0240. The molecule has 3 heterocycles. The summed E-state index contributed by atoms with van der Waals surface area (Å²) in [5, 5.41) is 4.85. The van der Waals surface area contributed by atoms with Crippen LogP contribution >= 0.6 is 0 Å². The van der Waals surface area contributed by atoms with Gasteiger partial charge in [0.1, 0.15) is 5.82 Å². The van der Waals surface area contributed by atoms with E-state index in [0.29, 0.717) is 6.42 Å². The van der Waals surface area contributed by atoms with Crippen LogP contribution in [0.2, 0.25) is 0 Å². The van der Waals surface area contributed by atoms with Crippen molar-refractivity contribution >= 4 is 17.4 Å². The highest BCUT2D eigenvalue weighted by Gasteiger charge is 2.25. The molecule has 152 valence electrons. The summed E-state index contributed by atoms with van der Waals surface area (Å²) in [7, 11) is 0. The molecule has 2 aromatic heterocycles. The van der Waals surface area contributed by atoms with Gasteiger partial charge in [0.15, 0.2) is 5.65 Å². The molecule has 0 spiro atoms. The molecule has 0 bridgehead atoms. The highest BCUT2D eigenvalue weighted by atomic mass is 16.2. The number of amides is 1. The highest BCUT2D eigenvalue weighted by molar-refractivity contribution is 5.77. The van der Waals surface area contributed by atoms with E-state index in [0.717, 1.165) is 54.6 Å². The lowest BCUT2D eigenvalue weighted by atomic mass is 9.91. The molecule has 1 saturated heterocycles. The SMILES string of the molecule is Cc1c(-c2ccccc2)nc2ccc(N3CCN(C(=O)CC(C)(C)C)CC3)nn12. The minimum absolute atomic E-state index is 0.0240. The molecule has 0 radical (unpaired) electrons. The predicted molar refractivity (Wildman–Crippen MR) is 116 cm³/mol. The molecule has 0 unspecified atom stereocenters. The van der Waals surface area contributed by atoms with Crippen LogP contribution < -0.4 is 4.90 Å². The predicted octanol–water partition coefficient (Wildman–Crippen LogP) is 3.79. The molecule has 0 atom stereocenters. The number of nitrogens with zero attached hydrogens (tertiary/aromatic N) is 5. The zero-order chi connectivity index (χ0) is 20.6. The summed E-state index contributed by atoms with van der Waals surface area (Å²) in [6.45, 7) is 11.5. The molecule has 6 nitrogen and oxygen atoms in total. The van der Waals surface area contributed by atoms with Crippen molar-refractivity contribution in [2.45, 2.75) is 34.1 Å². The monoisotopic (exact) mass is 391 g/mol. The number of rotatable bonds is 3. The van der Waals surface area contributed by atoms with Gasteiger partial charge in [-0.25, -0.2) is 9.50 Å². The lowest BCUT2D eigenvalue weighted by molar-refractivity contribution is -0.133. The van der Waals surface area contributed by atoms with Gasteiger partial charge in [-0.15, -0.1) is 5.10 Å². The van der Waals surface area contributed by atoms with Crippen molar-refractivity contribution in [2.75, 3.05) is 31.1 Å². The Morgan fingerprint density at radius 1 is 1.00 bits per heavy atom. The van der Waals surface area contributed by atoms with Crippen LogP contribution in [0.25, 0.3) is 16.9 Å². The van der Waals surface area contributed by atoms with Gasteiger partial charge in [0.05, 0.1) is 11.4 Å². The van der Waals surface area contributed by atoms with Crippen LogP contribution in [-0.4, -0.2) is 51.6 Å². The molecular formula is C23H29N5O. The fraction of sp³-hybridized carbons (Fsp3) is 0.435. The third-order valence-corrected chi connectivity index (χ3v) is 5.37. The van der Waals surface area contributed by atoms with Gasteiger partial charge in [0.25, 0.3) is 0 Å². The van der Waals surface area contributed by atoms with E-state index in [1.807, 2.05) is 39.7 Å². The first kappa shape index (κ1) is 19.4. The summed E-state index contributed by atoms with van der Waals surface area (Å²) < 4.78 is 1.93. The zero-order valence-corrected chi connectivity index (χ0v) is 17.7. The maximum atomic E-state index is 12.5. The van der Waals surface area contributed by atoms with Crippen molar-refractivity contribution in [3.8, 4) is 11.3 Å². The Morgan fingerprint density at radius 2 is 1.69 bits per heavy atom. The Bertz CT molecular complexity index is 1010. The van der Waals surface area contributed by atoms with Crippen LogP contribution in [0.3, 0.4) is 0 Å². The Kier molecular flexibility index (Phi) is 5.03. The Balaban J connectivity index is 1.51. The molecule has 1 aliphatic heterocycles. The summed E-state index contributed by atoms with van der Waals surface area (Å²) >= 11 is 0. The largest absolute Gasteiger partial charge is 0.352 e. The van der Waals surface area contributed by atoms with Crippen molar-refractivity contribution in [3.63, 3.8) is 0 Å². The number of benzene rings is 1. The number of aryl methyl sites for hydroxylation is 1. The van der Waals surface area contributed by atoms with Crippen LogP contribution in [0.5, 0.6) is 0 Å². The summed E-state index contributed by atoms with van der Waals surface area (Å²) in [5.74, 6) is 1.18. The fourth-order valence-corrected chi connectivity index (χ4v) is 3.82. The van der Waals surface area contributed by atoms with Crippen LogP contribution in [0.4, 0.5) is 5.82 Å². The maximum absolute atomic E-state index is 12.5. The molecule has 1 aliphatic rings. The normalized spacial score (nSPS) is 15.2. The Hall–Kier alpha value is -2.89.